The number of benzene rings is 1. The summed E-state index contributed by atoms with van der Waals surface area (Å²) < 4.78 is 0. The van der Waals surface area contributed by atoms with Crippen LogP contribution in [0.4, 0.5) is 0 Å². The van der Waals surface area contributed by atoms with Crippen LogP contribution in [0.25, 0.3) is 10.9 Å². The Hall–Kier alpha value is -1.30. The number of aromatic amines is 1. The van der Waals surface area contributed by atoms with Gasteiger partial charge in [0.2, 0.25) is 0 Å². The minimum absolute atomic E-state index is 0.0682. The van der Waals surface area contributed by atoms with Crippen molar-refractivity contribution in [1.29, 1.82) is 0 Å². The Bertz CT molecular complexity index is 593. The lowest BCUT2D eigenvalue weighted by molar-refractivity contribution is -0.109. The van der Waals surface area contributed by atoms with Crippen molar-refractivity contribution in [1.82, 2.24) is 4.98 Å². The highest BCUT2D eigenvalue weighted by Gasteiger charge is 2.22. The summed E-state index contributed by atoms with van der Waals surface area (Å²) in [4.78, 5) is 14.0. The molecule has 102 valence electrons. The molecular formula is C14H17NO3S. The molecule has 0 aliphatic rings. The highest BCUT2D eigenvalue weighted by Crippen LogP contribution is 2.29. The second-order valence-electron chi connectivity index (χ2n) is 4.56. The quantitative estimate of drug-likeness (QED) is 0.802. The third kappa shape index (κ3) is 3.00. The number of hydrogen-bond acceptors (Lipinski definition) is 4. The standard InChI is InChI=1S/C14H17NO3S/c1-8-4-3-5-11-13(8)10(6-15-11)14(18)12(17)7-19-9(2)16/h3-6,12,14-15,17-18H,7H2,1-2H3. The lowest BCUT2D eigenvalue weighted by Crippen LogP contribution is -2.21. The zero-order valence-corrected chi connectivity index (χ0v) is 11.7. The zero-order chi connectivity index (χ0) is 14.0. The molecule has 5 heteroatoms. The van der Waals surface area contributed by atoms with E-state index in [4.69, 9.17) is 0 Å². The van der Waals surface area contributed by atoms with Crippen LogP contribution in [-0.2, 0) is 4.79 Å². The van der Waals surface area contributed by atoms with Crippen molar-refractivity contribution >= 4 is 27.8 Å². The molecule has 2 rings (SSSR count). The van der Waals surface area contributed by atoms with Crippen LogP contribution in [0.1, 0.15) is 24.2 Å². The van der Waals surface area contributed by atoms with E-state index in [1.807, 2.05) is 25.1 Å². The van der Waals surface area contributed by atoms with Crippen molar-refractivity contribution in [3.63, 3.8) is 0 Å². The van der Waals surface area contributed by atoms with Crippen molar-refractivity contribution < 1.29 is 15.0 Å². The summed E-state index contributed by atoms with van der Waals surface area (Å²) in [6.45, 7) is 3.41. The highest BCUT2D eigenvalue weighted by atomic mass is 32.2. The van der Waals surface area contributed by atoms with Crippen molar-refractivity contribution in [2.75, 3.05) is 5.75 Å². The summed E-state index contributed by atoms with van der Waals surface area (Å²) in [6.07, 6.45) is -0.251. The summed E-state index contributed by atoms with van der Waals surface area (Å²) in [5.74, 6) is 0.190. The Morgan fingerprint density at radius 2 is 2.16 bits per heavy atom. The van der Waals surface area contributed by atoms with Gasteiger partial charge in [0.05, 0.1) is 6.10 Å². The van der Waals surface area contributed by atoms with E-state index >= 15 is 0 Å². The van der Waals surface area contributed by atoms with E-state index in [0.717, 1.165) is 28.2 Å². The Morgan fingerprint density at radius 1 is 1.42 bits per heavy atom. The van der Waals surface area contributed by atoms with Gasteiger partial charge in [0.15, 0.2) is 5.12 Å². The molecule has 2 aromatic rings. The largest absolute Gasteiger partial charge is 0.389 e. The van der Waals surface area contributed by atoms with Gasteiger partial charge in [-0.25, -0.2) is 0 Å². The second-order valence-corrected chi connectivity index (χ2v) is 5.75. The van der Waals surface area contributed by atoms with Gasteiger partial charge in [-0.2, -0.15) is 0 Å². The molecule has 0 aliphatic heterocycles. The van der Waals surface area contributed by atoms with Gasteiger partial charge in [0.25, 0.3) is 0 Å². The van der Waals surface area contributed by atoms with E-state index in [1.54, 1.807) is 6.20 Å². The van der Waals surface area contributed by atoms with Crippen LogP contribution in [0.5, 0.6) is 0 Å². The maximum Gasteiger partial charge on any atom is 0.185 e. The average molecular weight is 279 g/mol. The molecule has 2 unspecified atom stereocenters. The van der Waals surface area contributed by atoms with Gasteiger partial charge in [-0.05, 0) is 18.6 Å². The molecule has 4 nitrogen and oxygen atoms in total. The monoisotopic (exact) mass is 279 g/mol. The van der Waals surface area contributed by atoms with E-state index in [2.05, 4.69) is 4.98 Å². The lowest BCUT2D eigenvalue weighted by atomic mass is 10.0. The normalized spacial score (nSPS) is 14.5. The Labute approximate surface area is 115 Å². The van der Waals surface area contributed by atoms with E-state index < -0.39 is 12.2 Å². The number of H-pyrrole nitrogens is 1. The predicted molar refractivity (Wildman–Crippen MR) is 77.1 cm³/mol. The molecule has 2 atom stereocenters. The number of thioether (sulfide) groups is 1. The van der Waals surface area contributed by atoms with E-state index in [-0.39, 0.29) is 10.9 Å². The van der Waals surface area contributed by atoms with E-state index in [1.165, 1.54) is 6.92 Å². The molecule has 0 fully saturated rings. The van der Waals surface area contributed by atoms with Crippen LogP contribution < -0.4 is 0 Å². The lowest BCUT2D eigenvalue weighted by Gasteiger charge is -2.17. The third-order valence-electron chi connectivity index (χ3n) is 3.09. The number of aromatic nitrogens is 1. The average Bonchev–Trinajstić information content (AvgIpc) is 2.80. The topological polar surface area (TPSA) is 73.3 Å². The van der Waals surface area contributed by atoms with Gasteiger partial charge in [0.1, 0.15) is 6.10 Å². The van der Waals surface area contributed by atoms with Gasteiger partial charge >= 0.3 is 0 Å². The zero-order valence-electron chi connectivity index (χ0n) is 10.9. The fourth-order valence-electron chi connectivity index (χ4n) is 2.13. The van der Waals surface area contributed by atoms with Gasteiger partial charge in [-0.15, -0.1) is 0 Å². The van der Waals surface area contributed by atoms with Crippen LogP contribution >= 0.6 is 11.8 Å². The first-order chi connectivity index (χ1) is 9.00. The predicted octanol–water partition coefficient (Wildman–Crippen LogP) is 2.15. The fraction of sp³-hybridized carbons (Fsp3) is 0.357. The van der Waals surface area contributed by atoms with Crippen molar-refractivity contribution in [2.24, 2.45) is 0 Å². The molecule has 0 amide bonds. The fourth-order valence-corrected chi connectivity index (χ4v) is 2.72. The van der Waals surface area contributed by atoms with E-state index in [0.29, 0.717) is 5.56 Å². The minimum Gasteiger partial charge on any atom is -0.389 e. The first kappa shape index (κ1) is 14.1. The Kier molecular flexibility index (Phi) is 4.29. The van der Waals surface area contributed by atoms with Crippen molar-refractivity contribution in [3.8, 4) is 0 Å². The molecule has 1 aromatic heterocycles. The first-order valence-corrected chi connectivity index (χ1v) is 7.05. The highest BCUT2D eigenvalue weighted by molar-refractivity contribution is 8.13. The van der Waals surface area contributed by atoms with Crippen LogP contribution in [-0.4, -0.2) is 32.2 Å². The van der Waals surface area contributed by atoms with Crippen molar-refractivity contribution in [3.05, 3.63) is 35.5 Å². The molecule has 3 N–H and O–H groups in total. The first-order valence-electron chi connectivity index (χ1n) is 6.06. The van der Waals surface area contributed by atoms with Gasteiger partial charge in [0, 0.05) is 35.3 Å². The van der Waals surface area contributed by atoms with E-state index in [9.17, 15) is 15.0 Å². The molecule has 1 aromatic carbocycles. The Balaban J connectivity index is 2.26. The van der Waals surface area contributed by atoms with Gasteiger partial charge in [-0.1, -0.05) is 23.9 Å². The molecule has 0 aliphatic carbocycles. The molecule has 0 radical (unpaired) electrons. The summed E-state index contributed by atoms with van der Waals surface area (Å²) >= 11 is 1.02. The summed E-state index contributed by atoms with van der Waals surface area (Å²) in [5, 5.41) is 21.0. The Morgan fingerprint density at radius 3 is 2.84 bits per heavy atom. The molecular weight excluding hydrogens is 262 g/mol. The number of aryl methyl sites for hydroxylation is 1. The molecule has 0 saturated carbocycles. The van der Waals surface area contributed by atoms with Crippen molar-refractivity contribution in [2.45, 2.75) is 26.1 Å². The van der Waals surface area contributed by atoms with Gasteiger partial charge < -0.3 is 15.2 Å². The summed E-state index contributed by atoms with van der Waals surface area (Å²) in [6, 6.07) is 5.82. The van der Waals surface area contributed by atoms with Gasteiger partial charge in [-0.3, -0.25) is 4.79 Å². The molecule has 19 heavy (non-hydrogen) atoms. The van der Waals surface area contributed by atoms with Crippen LogP contribution in [0.15, 0.2) is 24.4 Å². The summed E-state index contributed by atoms with van der Waals surface area (Å²) in [5.41, 5.74) is 2.64. The second kappa shape index (κ2) is 5.77. The van der Waals surface area contributed by atoms with Crippen LogP contribution in [0.3, 0.4) is 0 Å². The number of carbonyl (C=O) groups excluding carboxylic acids is 1. The summed E-state index contributed by atoms with van der Waals surface area (Å²) in [7, 11) is 0. The minimum atomic E-state index is -0.998. The third-order valence-corrected chi connectivity index (χ3v) is 4.00. The molecule has 0 saturated heterocycles. The van der Waals surface area contributed by atoms with Crippen LogP contribution in [0, 0.1) is 6.92 Å². The SMILES string of the molecule is CC(=O)SCC(O)C(O)c1c[nH]c2cccc(C)c12. The number of nitrogens with one attached hydrogen (secondary N) is 1. The maximum atomic E-state index is 10.9. The maximum absolute atomic E-state index is 10.9. The number of carbonyl (C=O) groups is 1. The number of aliphatic hydroxyl groups is 2. The number of fused-ring (bicyclic) bond motifs is 1. The molecule has 1 heterocycles. The number of rotatable bonds is 4. The molecule has 0 bridgehead atoms. The number of aliphatic hydroxyl groups excluding tert-OH is 2. The number of hydrogen-bond donors (Lipinski definition) is 3. The van der Waals surface area contributed by atoms with Crippen LogP contribution in [0.2, 0.25) is 0 Å². The smallest absolute Gasteiger partial charge is 0.185 e. The molecule has 0 spiro atoms.